The van der Waals surface area contributed by atoms with Crippen LogP contribution in [0.15, 0.2) is 158 Å². The number of para-hydroxylation sites is 2. The van der Waals surface area contributed by atoms with Crippen LogP contribution < -0.4 is 0 Å². The Hall–Kier alpha value is -6.43. The summed E-state index contributed by atoms with van der Waals surface area (Å²) in [7, 11) is 0. The molecule has 5 aromatic heterocycles. The van der Waals surface area contributed by atoms with E-state index in [1.165, 1.54) is 42.2 Å². The standard InChI is InChI=1S/C45H26N4S/c1-2-8-28(9-3-1)36-23-20-30-18-19-31-21-24-37(47-43(31)42(30)46-36)29-16-14-27(15-17-29)32-22-25-40-35(26-32)41-33-10-4-5-11-34(33)44-48-38-12-6-7-13-39(38)49(44)45(41)50-40/h1-26H. The molecule has 11 aromatic rings. The van der Waals surface area contributed by atoms with Crippen molar-refractivity contribution in [3.63, 3.8) is 0 Å². The predicted octanol–water partition coefficient (Wildman–Crippen LogP) is 12.1. The Kier molecular flexibility index (Phi) is 5.80. The summed E-state index contributed by atoms with van der Waals surface area (Å²) in [6, 6.07) is 55.9. The van der Waals surface area contributed by atoms with Crippen LogP contribution in [0.3, 0.4) is 0 Å². The molecule has 0 N–H and O–H groups in total. The molecule has 0 aliphatic rings. The van der Waals surface area contributed by atoms with Gasteiger partial charge in [0, 0.05) is 42.8 Å². The first-order valence-corrected chi connectivity index (χ1v) is 17.6. The van der Waals surface area contributed by atoms with E-state index in [-0.39, 0.29) is 0 Å². The maximum absolute atomic E-state index is 5.18. The van der Waals surface area contributed by atoms with Gasteiger partial charge in [0.2, 0.25) is 0 Å². The zero-order valence-corrected chi connectivity index (χ0v) is 27.5. The molecular weight excluding hydrogens is 629 g/mol. The van der Waals surface area contributed by atoms with Gasteiger partial charge in [0.1, 0.15) is 10.5 Å². The van der Waals surface area contributed by atoms with Gasteiger partial charge in [0.15, 0.2) is 0 Å². The van der Waals surface area contributed by atoms with Crippen LogP contribution in [0.5, 0.6) is 0 Å². The first-order chi connectivity index (χ1) is 24.8. The molecule has 0 amide bonds. The smallest absolute Gasteiger partial charge is 0.147 e. The molecular formula is C45H26N4S. The number of thiophene rings is 1. The highest BCUT2D eigenvalue weighted by atomic mass is 32.1. The second-order valence-corrected chi connectivity index (χ2v) is 13.9. The summed E-state index contributed by atoms with van der Waals surface area (Å²) < 4.78 is 3.62. The summed E-state index contributed by atoms with van der Waals surface area (Å²) in [6.45, 7) is 0. The molecule has 0 bridgehead atoms. The van der Waals surface area contributed by atoms with Crippen LogP contribution in [0.2, 0.25) is 0 Å². The monoisotopic (exact) mass is 654 g/mol. The lowest BCUT2D eigenvalue weighted by Gasteiger charge is -2.09. The average Bonchev–Trinajstić information content (AvgIpc) is 3.77. The average molecular weight is 655 g/mol. The third kappa shape index (κ3) is 4.08. The van der Waals surface area contributed by atoms with Gasteiger partial charge in [-0.15, -0.1) is 11.3 Å². The number of benzene rings is 6. The van der Waals surface area contributed by atoms with E-state index in [1.807, 2.05) is 29.5 Å². The maximum Gasteiger partial charge on any atom is 0.147 e. The summed E-state index contributed by atoms with van der Waals surface area (Å²) in [5.41, 5.74) is 11.5. The molecule has 11 rings (SSSR count). The van der Waals surface area contributed by atoms with Gasteiger partial charge in [0.05, 0.1) is 33.5 Å². The van der Waals surface area contributed by atoms with Crippen molar-refractivity contribution < 1.29 is 0 Å². The Morgan fingerprint density at radius 3 is 1.80 bits per heavy atom. The van der Waals surface area contributed by atoms with Crippen molar-refractivity contribution in [2.75, 3.05) is 0 Å². The minimum absolute atomic E-state index is 0.920. The lowest BCUT2D eigenvalue weighted by molar-refractivity contribution is 1.34. The largest absolute Gasteiger partial charge is 0.283 e. The molecule has 0 saturated carbocycles. The highest BCUT2D eigenvalue weighted by Crippen LogP contribution is 2.43. The predicted molar refractivity (Wildman–Crippen MR) is 210 cm³/mol. The van der Waals surface area contributed by atoms with Gasteiger partial charge in [-0.3, -0.25) is 4.40 Å². The second-order valence-electron chi connectivity index (χ2n) is 12.8. The Balaban J connectivity index is 1.03. The van der Waals surface area contributed by atoms with Crippen molar-refractivity contribution in [3.8, 4) is 33.6 Å². The fourth-order valence-electron chi connectivity index (χ4n) is 7.52. The highest BCUT2D eigenvalue weighted by Gasteiger charge is 2.18. The first-order valence-electron chi connectivity index (χ1n) is 16.8. The van der Waals surface area contributed by atoms with Gasteiger partial charge in [-0.25, -0.2) is 15.0 Å². The number of rotatable bonds is 3. The van der Waals surface area contributed by atoms with E-state index in [0.29, 0.717) is 0 Å². The molecule has 50 heavy (non-hydrogen) atoms. The SMILES string of the molecule is c1ccc(-c2ccc3ccc4ccc(-c5ccc(-c6ccc7sc8c(c7c6)c6ccccc6c6nc7ccccc7n68)cc5)nc4c3n2)cc1. The van der Waals surface area contributed by atoms with Crippen molar-refractivity contribution >= 4 is 80.9 Å². The van der Waals surface area contributed by atoms with E-state index < -0.39 is 0 Å². The summed E-state index contributed by atoms with van der Waals surface area (Å²) in [5.74, 6) is 0. The third-order valence-electron chi connectivity index (χ3n) is 9.97. The topological polar surface area (TPSA) is 43.1 Å². The van der Waals surface area contributed by atoms with Gasteiger partial charge in [-0.2, -0.15) is 0 Å². The molecule has 0 unspecified atom stereocenters. The van der Waals surface area contributed by atoms with Crippen molar-refractivity contribution in [1.82, 2.24) is 19.4 Å². The fourth-order valence-corrected chi connectivity index (χ4v) is 8.74. The molecule has 5 heteroatoms. The van der Waals surface area contributed by atoms with Crippen LogP contribution in [0.25, 0.3) is 103 Å². The summed E-state index contributed by atoms with van der Waals surface area (Å²) in [5, 5.41) is 7.14. The van der Waals surface area contributed by atoms with E-state index >= 15 is 0 Å². The van der Waals surface area contributed by atoms with Crippen LogP contribution >= 0.6 is 11.3 Å². The first kappa shape index (κ1) is 27.5. The zero-order chi connectivity index (χ0) is 32.8. The summed E-state index contributed by atoms with van der Waals surface area (Å²) >= 11 is 1.84. The van der Waals surface area contributed by atoms with E-state index in [0.717, 1.165) is 61.0 Å². The summed E-state index contributed by atoms with van der Waals surface area (Å²) in [6.07, 6.45) is 0. The number of fused-ring (bicyclic) bond motifs is 13. The molecule has 4 nitrogen and oxygen atoms in total. The Labute approximate surface area is 290 Å². The minimum atomic E-state index is 0.920. The van der Waals surface area contributed by atoms with Crippen LogP contribution in [-0.4, -0.2) is 19.4 Å². The molecule has 0 aliphatic carbocycles. The van der Waals surface area contributed by atoms with Crippen molar-refractivity contribution in [1.29, 1.82) is 0 Å². The van der Waals surface area contributed by atoms with Crippen LogP contribution in [-0.2, 0) is 0 Å². The Morgan fingerprint density at radius 1 is 0.440 bits per heavy atom. The highest BCUT2D eigenvalue weighted by molar-refractivity contribution is 7.25. The van der Waals surface area contributed by atoms with E-state index in [2.05, 4.69) is 144 Å². The molecule has 0 spiro atoms. The molecule has 5 heterocycles. The fraction of sp³-hybridized carbons (Fsp3) is 0. The number of aromatic nitrogens is 4. The van der Waals surface area contributed by atoms with Gasteiger partial charge < -0.3 is 0 Å². The zero-order valence-electron chi connectivity index (χ0n) is 26.7. The molecule has 6 aromatic carbocycles. The molecule has 0 saturated heterocycles. The maximum atomic E-state index is 5.18. The molecule has 0 fully saturated rings. The van der Waals surface area contributed by atoms with Gasteiger partial charge >= 0.3 is 0 Å². The number of hydrogen-bond acceptors (Lipinski definition) is 4. The quantitative estimate of drug-likeness (QED) is 0.178. The lowest BCUT2D eigenvalue weighted by atomic mass is 9.99. The third-order valence-corrected chi connectivity index (χ3v) is 11.1. The van der Waals surface area contributed by atoms with Crippen LogP contribution in [0, 0.1) is 0 Å². The Bertz CT molecular complexity index is 3140. The van der Waals surface area contributed by atoms with Crippen molar-refractivity contribution in [2.45, 2.75) is 0 Å². The van der Waals surface area contributed by atoms with E-state index in [9.17, 15) is 0 Å². The lowest BCUT2D eigenvalue weighted by Crippen LogP contribution is -1.91. The van der Waals surface area contributed by atoms with Gasteiger partial charge in [0.25, 0.3) is 0 Å². The number of pyridine rings is 3. The number of nitrogens with zero attached hydrogens (tertiary/aromatic N) is 4. The normalized spacial score (nSPS) is 12.0. The van der Waals surface area contributed by atoms with Crippen molar-refractivity contribution in [2.24, 2.45) is 0 Å². The summed E-state index contributed by atoms with van der Waals surface area (Å²) in [4.78, 5) is 16.6. The molecule has 0 atom stereocenters. The number of imidazole rings is 1. The van der Waals surface area contributed by atoms with Crippen LogP contribution in [0.1, 0.15) is 0 Å². The molecule has 0 radical (unpaired) electrons. The van der Waals surface area contributed by atoms with Crippen molar-refractivity contribution in [3.05, 3.63) is 158 Å². The molecule has 232 valence electrons. The van der Waals surface area contributed by atoms with Crippen LogP contribution in [0.4, 0.5) is 0 Å². The van der Waals surface area contributed by atoms with Gasteiger partial charge in [-0.05, 0) is 52.9 Å². The Morgan fingerprint density at radius 2 is 1.04 bits per heavy atom. The van der Waals surface area contributed by atoms with Gasteiger partial charge in [-0.1, -0.05) is 121 Å². The van der Waals surface area contributed by atoms with E-state index in [1.54, 1.807) is 0 Å². The second kappa shape index (κ2) is 10.5. The molecule has 0 aliphatic heterocycles. The number of hydrogen-bond donors (Lipinski definition) is 0. The van der Waals surface area contributed by atoms with E-state index in [4.69, 9.17) is 15.0 Å². The minimum Gasteiger partial charge on any atom is -0.283 e.